The molecule has 0 saturated carbocycles. The summed E-state index contributed by atoms with van der Waals surface area (Å²) in [5, 5.41) is 3.40. The van der Waals surface area contributed by atoms with Crippen molar-refractivity contribution in [2.45, 2.75) is 26.3 Å². The lowest BCUT2D eigenvalue weighted by molar-refractivity contribution is 0.407. The first-order chi connectivity index (χ1) is 7.77. The lowest BCUT2D eigenvalue weighted by atomic mass is 10.1. The van der Waals surface area contributed by atoms with Gasteiger partial charge in [-0.05, 0) is 32.4 Å². The number of rotatable bonds is 7. The molecule has 0 fully saturated rings. The molecule has 0 aliphatic rings. The summed E-state index contributed by atoms with van der Waals surface area (Å²) in [4.78, 5) is 0. The quantitative estimate of drug-likeness (QED) is 0.585. The number of benzene rings is 1. The van der Waals surface area contributed by atoms with E-state index in [4.69, 9.17) is 16.3 Å². The molecule has 0 saturated heterocycles. The average molecular weight is 242 g/mol. The van der Waals surface area contributed by atoms with Crippen molar-refractivity contribution in [1.82, 2.24) is 5.32 Å². The van der Waals surface area contributed by atoms with E-state index in [0.717, 1.165) is 37.6 Å². The molecule has 1 aromatic carbocycles. The van der Waals surface area contributed by atoms with Crippen LogP contribution in [0.5, 0.6) is 5.75 Å². The minimum Gasteiger partial charge on any atom is -0.496 e. The largest absolute Gasteiger partial charge is 0.496 e. The molecule has 0 spiro atoms. The van der Waals surface area contributed by atoms with E-state index in [9.17, 15) is 0 Å². The molecule has 0 aromatic heterocycles. The number of methoxy groups -OCH3 is 1. The van der Waals surface area contributed by atoms with Gasteiger partial charge in [-0.1, -0.05) is 17.7 Å². The van der Waals surface area contributed by atoms with Gasteiger partial charge in [-0.15, -0.1) is 11.6 Å². The molecule has 2 nitrogen and oxygen atoms in total. The SMILES string of the molecule is COc1ccc(C)cc1CNCCCCCl. The molecule has 16 heavy (non-hydrogen) atoms. The Morgan fingerprint density at radius 1 is 1.31 bits per heavy atom. The molecular formula is C13H20ClNO. The second kappa shape index (κ2) is 7.53. The maximum absolute atomic E-state index is 5.62. The molecule has 1 aromatic rings. The van der Waals surface area contributed by atoms with Gasteiger partial charge in [-0.2, -0.15) is 0 Å². The Kier molecular flexibility index (Phi) is 6.27. The molecule has 1 N–H and O–H groups in total. The molecule has 0 atom stereocenters. The fourth-order valence-corrected chi connectivity index (χ4v) is 1.80. The fraction of sp³-hybridized carbons (Fsp3) is 0.538. The first-order valence-corrected chi connectivity index (χ1v) is 6.21. The lowest BCUT2D eigenvalue weighted by Crippen LogP contribution is -2.15. The summed E-state index contributed by atoms with van der Waals surface area (Å²) in [5.74, 6) is 1.70. The monoisotopic (exact) mass is 241 g/mol. The van der Waals surface area contributed by atoms with Gasteiger partial charge in [0.25, 0.3) is 0 Å². The van der Waals surface area contributed by atoms with E-state index in [2.05, 4.69) is 24.4 Å². The average Bonchev–Trinajstić information content (AvgIpc) is 2.29. The van der Waals surface area contributed by atoms with Crippen LogP contribution in [-0.2, 0) is 6.54 Å². The normalized spacial score (nSPS) is 10.4. The van der Waals surface area contributed by atoms with Crippen LogP contribution in [0.2, 0.25) is 0 Å². The van der Waals surface area contributed by atoms with Crippen LogP contribution in [0.1, 0.15) is 24.0 Å². The van der Waals surface area contributed by atoms with Crippen LogP contribution >= 0.6 is 11.6 Å². The second-order valence-corrected chi connectivity index (χ2v) is 4.27. The van der Waals surface area contributed by atoms with E-state index in [1.165, 1.54) is 11.1 Å². The van der Waals surface area contributed by atoms with Crippen LogP contribution in [0.15, 0.2) is 18.2 Å². The maximum Gasteiger partial charge on any atom is 0.123 e. The van der Waals surface area contributed by atoms with Crippen molar-refractivity contribution < 1.29 is 4.74 Å². The van der Waals surface area contributed by atoms with Gasteiger partial charge in [-0.3, -0.25) is 0 Å². The van der Waals surface area contributed by atoms with E-state index >= 15 is 0 Å². The van der Waals surface area contributed by atoms with Crippen molar-refractivity contribution in [3.63, 3.8) is 0 Å². The number of hydrogen-bond acceptors (Lipinski definition) is 2. The van der Waals surface area contributed by atoms with Crippen LogP contribution < -0.4 is 10.1 Å². The van der Waals surface area contributed by atoms with Crippen molar-refractivity contribution in [2.75, 3.05) is 19.5 Å². The van der Waals surface area contributed by atoms with Gasteiger partial charge < -0.3 is 10.1 Å². The third kappa shape index (κ3) is 4.42. The molecule has 90 valence electrons. The molecule has 0 aliphatic heterocycles. The molecule has 0 bridgehead atoms. The Labute approximate surface area is 103 Å². The number of nitrogens with one attached hydrogen (secondary N) is 1. The molecular weight excluding hydrogens is 222 g/mol. The number of ether oxygens (including phenoxy) is 1. The van der Waals surface area contributed by atoms with Gasteiger partial charge in [0.2, 0.25) is 0 Å². The Morgan fingerprint density at radius 2 is 2.12 bits per heavy atom. The van der Waals surface area contributed by atoms with Crippen LogP contribution in [-0.4, -0.2) is 19.5 Å². The van der Waals surface area contributed by atoms with Gasteiger partial charge in [0.15, 0.2) is 0 Å². The minimum absolute atomic E-state index is 0.745. The highest BCUT2D eigenvalue weighted by atomic mass is 35.5. The summed E-state index contributed by atoms with van der Waals surface area (Å²) >= 11 is 5.62. The van der Waals surface area contributed by atoms with Gasteiger partial charge >= 0.3 is 0 Å². The molecule has 0 heterocycles. The van der Waals surface area contributed by atoms with Crippen LogP contribution in [0.25, 0.3) is 0 Å². The predicted octanol–water partition coefficient (Wildman–Crippen LogP) is 3.11. The fourth-order valence-electron chi connectivity index (χ4n) is 1.61. The van der Waals surface area contributed by atoms with Crippen molar-refractivity contribution in [3.05, 3.63) is 29.3 Å². The van der Waals surface area contributed by atoms with Gasteiger partial charge in [-0.25, -0.2) is 0 Å². The zero-order chi connectivity index (χ0) is 11.8. The topological polar surface area (TPSA) is 21.3 Å². The summed E-state index contributed by atoms with van der Waals surface area (Å²) in [7, 11) is 1.71. The minimum atomic E-state index is 0.745. The maximum atomic E-state index is 5.62. The number of halogens is 1. The van der Waals surface area contributed by atoms with E-state index in [1.54, 1.807) is 7.11 Å². The van der Waals surface area contributed by atoms with Gasteiger partial charge in [0.05, 0.1) is 7.11 Å². The molecule has 1 rings (SSSR count). The molecule has 3 heteroatoms. The van der Waals surface area contributed by atoms with E-state index < -0.39 is 0 Å². The zero-order valence-electron chi connectivity index (χ0n) is 10.1. The zero-order valence-corrected chi connectivity index (χ0v) is 10.8. The predicted molar refractivity (Wildman–Crippen MR) is 69.4 cm³/mol. The number of hydrogen-bond donors (Lipinski definition) is 1. The molecule has 0 radical (unpaired) electrons. The van der Waals surface area contributed by atoms with Crippen LogP contribution in [0.4, 0.5) is 0 Å². The van der Waals surface area contributed by atoms with Crippen molar-refractivity contribution >= 4 is 11.6 Å². The standard InChI is InChI=1S/C13H20ClNO/c1-11-5-6-13(16-2)12(9-11)10-15-8-4-3-7-14/h5-6,9,15H,3-4,7-8,10H2,1-2H3. The highest BCUT2D eigenvalue weighted by Gasteiger charge is 2.02. The molecule has 0 unspecified atom stereocenters. The first-order valence-electron chi connectivity index (χ1n) is 5.68. The van der Waals surface area contributed by atoms with E-state index in [1.807, 2.05) is 6.07 Å². The molecule has 0 aliphatic carbocycles. The highest BCUT2D eigenvalue weighted by molar-refractivity contribution is 6.17. The van der Waals surface area contributed by atoms with Crippen LogP contribution in [0.3, 0.4) is 0 Å². The third-order valence-corrected chi connectivity index (χ3v) is 2.76. The summed E-state index contributed by atoms with van der Waals surface area (Å²) in [5.41, 5.74) is 2.48. The highest BCUT2D eigenvalue weighted by Crippen LogP contribution is 2.19. The summed E-state index contributed by atoms with van der Waals surface area (Å²) < 4.78 is 5.32. The Bertz CT molecular complexity index is 315. The summed E-state index contributed by atoms with van der Waals surface area (Å²) in [6, 6.07) is 6.24. The summed E-state index contributed by atoms with van der Waals surface area (Å²) in [6.07, 6.45) is 2.19. The number of aryl methyl sites for hydroxylation is 1. The Morgan fingerprint density at radius 3 is 2.81 bits per heavy atom. The lowest BCUT2D eigenvalue weighted by Gasteiger charge is -2.10. The van der Waals surface area contributed by atoms with Crippen molar-refractivity contribution in [1.29, 1.82) is 0 Å². The molecule has 0 amide bonds. The second-order valence-electron chi connectivity index (χ2n) is 3.89. The Hall–Kier alpha value is -0.730. The Balaban J connectivity index is 2.42. The van der Waals surface area contributed by atoms with Crippen LogP contribution in [0, 0.1) is 6.92 Å². The van der Waals surface area contributed by atoms with Crippen molar-refractivity contribution in [3.8, 4) is 5.75 Å². The third-order valence-electron chi connectivity index (χ3n) is 2.49. The number of alkyl halides is 1. The summed E-state index contributed by atoms with van der Waals surface area (Å²) in [6.45, 7) is 3.95. The smallest absolute Gasteiger partial charge is 0.123 e. The number of unbranched alkanes of at least 4 members (excludes halogenated alkanes) is 1. The van der Waals surface area contributed by atoms with Gasteiger partial charge in [0.1, 0.15) is 5.75 Å². The van der Waals surface area contributed by atoms with E-state index in [-0.39, 0.29) is 0 Å². The van der Waals surface area contributed by atoms with E-state index in [0.29, 0.717) is 0 Å². The van der Waals surface area contributed by atoms with Crippen molar-refractivity contribution in [2.24, 2.45) is 0 Å². The first kappa shape index (κ1) is 13.3. The van der Waals surface area contributed by atoms with Gasteiger partial charge in [0, 0.05) is 18.0 Å².